The number of nitrogens with two attached hydrogens (primary N) is 1. The number of nitrogen functional groups attached to an aromatic ring is 1. The number of benzene rings is 1. The quantitative estimate of drug-likeness (QED) is 0.786. The van der Waals surface area contributed by atoms with Crippen LogP contribution in [0.3, 0.4) is 0 Å². The molecule has 0 saturated heterocycles. The van der Waals surface area contributed by atoms with Crippen LogP contribution in [-0.4, -0.2) is 25.8 Å². The zero-order valence-corrected chi connectivity index (χ0v) is 10.2. The van der Waals surface area contributed by atoms with E-state index in [1.165, 1.54) is 13.0 Å². The van der Waals surface area contributed by atoms with E-state index in [0.717, 1.165) is 18.4 Å². The first kappa shape index (κ1) is 13.4. The van der Waals surface area contributed by atoms with Crippen LogP contribution >= 0.6 is 0 Å². The number of amides is 1. The highest BCUT2D eigenvalue weighted by molar-refractivity contribution is 7.92. The SMILES string of the molecule is CC(C(=O)Nc1ccc(F)cc1N)S(C)(=O)=O. The number of nitrogens with one attached hydrogen (secondary N) is 1. The molecule has 0 spiro atoms. The number of carbonyl (C=O) groups is 1. The third-order valence-electron chi connectivity index (χ3n) is 2.28. The molecule has 1 atom stereocenters. The van der Waals surface area contributed by atoms with E-state index in [0.29, 0.717) is 0 Å². The van der Waals surface area contributed by atoms with Gasteiger partial charge in [-0.05, 0) is 25.1 Å². The van der Waals surface area contributed by atoms with E-state index in [9.17, 15) is 17.6 Å². The lowest BCUT2D eigenvalue weighted by Gasteiger charge is -2.12. The Labute approximate surface area is 98.7 Å². The lowest BCUT2D eigenvalue weighted by Crippen LogP contribution is -2.32. The molecular formula is C10H13FN2O3S. The predicted octanol–water partition coefficient (Wildman–Crippen LogP) is 0.780. The summed E-state index contributed by atoms with van der Waals surface area (Å²) < 4.78 is 35.0. The van der Waals surface area contributed by atoms with Crippen LogP contribution in [0.1, 0.15) is 6.92 Å². The van der Waals surface area contributed by atoms with Gasteiger partial charge < -0.3 is 11.1 Å². The number of halogens is 1. The van der Waals surface area contributed by atoms with Crippen LogP contribution < -0.4 is 11.1 Å². The summed E-state index contributed by atoms with van der Waals surface area (Å²) in [6, 6.07) is 3.44. The summed E-state index contributed by atoms with van der Waals surface area (Å²) in [6.45, 7) is 1.27. The van der Waals surface area contributed by atoms with Crippen molar-refractivity contribution in [3.63, 3.8) is 0 Å². The maximum atomic E-state index is 12.7. The van der Waals surface area contributed by atoms with Gasteiger partial charge in [-0.15, -0.1) is 0 Å². The Morgan fingerprint density at radius 2 is 2.06 bits per heavy atom. The van der Waals surface area contributed by atoms with Crippen molar-refractivity contribution in [1.82, 2.24) is 0 Å². The van der Waals surface area contributed by atoms with E-state index in [1.807, 2.05) is 0 Å². The van der Waals surface area contributed by atoms with E-state index in [-0.39, 0.29) is 11.4 Å². The molecule has 0 aliphatic carbocycles. The van der Waals surface area contributed by atoms with E-state index >= 15 is 0 Å². The molecule has 5 nitrogen and oxygen atoms in total. The van der Waals surface area contributed by atoms with Crippen molar-refractivity contribution in [3.8, 4) is 0 Å². The van der Waals surface area contributed by atoms with Gasteiger partial charge >= 0.3 is 0 Å². The molecule has 1 amide bonds. The molecule has 0 bridgehead atoms. The van der Waals surface area contributed by atoms with Crippen LogP contribution in [0.25, 0.3) is 0 Å². The summed E-state index contributed by atoms with van der Waals surface area (Å²) in [5, 5.41) is 1.15. The van der Waals surface area contributed by atoms with Gasteiger partial charge in [0.25, 0.3) is 0 Å². The van der Waals surface area contributed by atoms with Gasteiger partial charge in [0.1, 0.15) is 11.1 Å². The number of rotatable bonds is 3. The van der Waals surface area contributed by atoms with E-state index in [1.54, 1.807) is 0 Å². The number of hydrogen-bond acceptors (Lipinski definition) is 4. The van der Waals surface area contributed by atoms with Crippen LogP contribution in [-0.2, 0) is 14.6 Å². The largest absolute Gasteiger partial charge is 0.397 e. The van der Waals surface area contributed by atoms with Gasteiger partial charge in [-0.1, -0.05) is 0 Å². The van der Waals surface area contributed by atoms with E-state index in [2.05, 4.69) is 5.32 Å². The standard InChI is InChI=1S/C10H13FN2O3S/c1-6(17(2,15)16)10(14)13-9-4-3-7(11)5-8(9)12/h3-6H,12H2,1-2H3,(H,13,14). The Hall–Kier alpha value is -1.63. The molecule has 7 heteroatoms. The van der Waals surface area contributed by atoms with Gasteiger partial charge in [0.05, 0.1) is 11.4 Å². The fourth-order valence-corrected chi connectivity index (χ4v) is 1.52. The first-order valence-corrected chi connectivity index (χ1v) is 6.72. The molecule has 1 aromatic carbocycles. The Balaban J connectivity index is 2.89. The minimum absolute atomic E-state index is 0.0408. The van der Waals surface area contributed by atoms with Gasteiger partial charge in [0.2, 0.25) is 5.91 Å². The van der Waals surface area contributed by atoms with Gasteiger partial charge in [0, 0.05) is 6.26 Å². The summed E-state index contributed by atoms with van der Waals surface area (Å²) in [5.74, 6) is -1.23. The highest BCUT2D eigenvalue weighted by Gasteiger charge is 2.23. The van der Waals surface area contributed by atoms with Crippen molar-refractivity contribution >= 4 is 27.1 Å². The summed E-state index contributed by atoms with van der Waals surface area (Å²) in [5.41, 5.74) is 5.70. The molecule has 3 N–H and O–H groups in total. The highest BCUT2D eigenvalue weighted by Crippen LogP contribution is 2.19. The van der Waals surface area contributed by atoms with Crippen LogP contribution in [0.15, 0.2) is 18.2 Å². The molecule has 0 saturated carbocycles. The average Bonchev–Trinajstić information content (AvgIpc) is 2.19. The van der Waals surface area contributed by atoms with Crippen molar-refractivity contribution < 1.29 is 17.6 Å². The molecule has 0 radical (unpaired) electrons. The third kappa shape index (κ3) is 3.42. The zero-order valence-electron chi connectivity index (χ0n) is 9.40. The molecule has 0 fully saturated rings. The Bertz CT molecular complexity index is 542. The molecular weight excluding hydrogens is 247 g/mol. The van der Waals surface area contributed by atoms with Crippen molar-refractivity contribution in [1.29, 1.82) is 0 Å². The zero-order chi connectivity index (χ0) is 13.2. The number of carbonyl (C=O) groups excluding carboxylic acids is 1. The lowest BCUT2D eigenvalue weighted by atomic mass is 10.2. The molecule has 0 aliphatic rings. The van der Waals surface area contributed by atoms with Crippen LogP contribution in [0.2, 0.25) is 0 Å². The van der Waals surface area contributed by atoms with Crippen molar-refractivity contribution in [2.75, 3.05) is 17.3 Å². The molecule has 0 heterocycles. The molecule has 1 rings (SSSR count). The fraction of sp³-hybridized carbons (Fsp3) is 0.300. The summed E-state index contributed by atoms with van der Waals surface area (Å²) in [7, 11) is -3.47. The first-order valence-electron chi connectivity index (χ1n) is 4.76. The van der Waals surface area contributed by atoms with Gasteiger partial charge in [-0.2, -0.15) is 0 Å². The molecule has 0 aliphatic heterocycles. The van der Waals surface area contributed by atoms with E-state index < -0.39 is 26.8 Å². The topological polar surface area (TPSA) is 89.3 Å². The number of hydrogen-bond donors (Lipinski definition) is 2. The monoisotopic (exact) mass is 260 g/mol. The summed E-state index contributed by atoms with van der Waals surface area (Å²) >= 11 is 0. The van der Waals surface area contributed by atoms with E-state index in [4.69, 9.17) is 5.73 Å². The minimum atomic E-state index is -3.47. The normalized spacial score (nSPS) is 13.1. The van der Waals surface area contributed by atoms with Gasteiger partial charge in [-0.25, -0.2) is 12.8 Å². The van der Waals surface area contributed by atoms with Crippen LogP contribution in [0, 0.1) is 5.82 Å². The maximum Gasteiger partial charge on any atom is 0.242 e. The fourth-order valence-electron chi connectivity index (χ4n) is 1.08. The molecule has 17 heavy (non-hydrogen) atoms. The average molecular weight is 260 g/mol. The highest BCUT2D eigenvalue weighted by atomic mass is 32.2. The Kier molecular flexibility index (Phi) is 3.72. The molecule has 0 aromatic heterocycles. The van der Waals surface area contributed by atoms with Gasteiger partial charge in [0.15, 0.2) is 9.84 Å². The number of sulfone groups is 1. The third-order valence-corrected chi connectivity index (χ3v) is 3.78. The van der Waals surface area contributed by atoms with Crippen molar-refractivity contribution in [2.24, 2.45) is 0 Å². The Morgan fingerprint density at radius 1 is 1.47 bits per heavy atom. The lowest BCUT2D eigenvalue weighted by molar-refractivity contribution is -0.115. The van der Waals surface area contributed by atoms with Crippen molar-refractivity contribution in [3.05, 3.63) is 24.0 Å². The molecule has 1 aromatic rings. The maximum absolute atomic E-state index is 12.7. The summed E-state index contributed by atoms with van der Waals surface area (Å²) in [6.07, 6.45) is 0.964. The molecule has 1 unspecified atom stereocenters. The smallest absolute Gasteiger partial charge is 0.242 e. The minimum Gasteiger partial charge on any atom is -0.397 e. The predicted molar refractivity (Wildman–Crippen MR) is 63.7 cm³/mol. The number of anilines is 2. The Morgan fingerprint density at radius 3 is 2.53 bits per heavy atom. The van der Waals surface area contributed by atoms with Gasteiger partial charge in [-0.3, -0.25) is 4.79 Å². The van der Waals surface area contributed by atoms with Crippen molar-refractivity contribution in [2.45, 2.75) is 12.2 Å². The first-order chi connectivity index (χ1) is 7.71. The van der Waals surface area contributed by atoms with Crippen LogP contribution in [0.5, 0.6) is 0 Å². The summed E-state index contributed by atoms with van der Waals surface area (Å²) in [4.78, 5) is 11.6. The second-order valence-electron chi connectivity index (χ2n) is 3.69. The van der Waals surface area contributed by atoms with Crippen LogP contribution in [0.4, 0.5) is 15.8 Å². The second kappa shape index (κ2) is 4.70. The second-order valence-corrected chi connectivity index (χ2v) is 6.06. The molecule has 94 valence electrons.